The molecular formula is C23H29ClN2O2S. The van der Waals surface area contributed by atoms with E-state index in [1.165, 1.54) is 11.8 Å². The fourth-order valence-electron chi connectivity index (χ4n) is 3.17. The molecule has 0 aliphatic rings. The lowest BCUT2D eigenvalue weighted by Gasteiger charge is -2.30. The molecule has 1 atom stereocenters. The summed E-state index contributed by atoms with van der Waals surface area (Å²) in [6.07, 6.45) is 0.568. The topological polar surface area (TPSA) is 49.4 Å². The average molecular weight is 433 g/mol. The van der Waals surface area contributed by atoms with Crippen molar-refractivity contribution in [3.63, 3.8) is 0 Å². The molecule has 6 heteroatoms. The number of likely N-dealkylation sites (N-methyl/N-ethyl adjacent to an activating group) is 1. The highest BCUT2D eigenvalue weighted by molar-refractivity contribution is 7.99. The minimum atomic E-state index is -0.483. The van der Waals surface area contributed by atoms with Crippen molar-refractivity contribution in [1.29, 1.82) is 0 Å². The van der Waals surface area contributed by atoms with Crippen LogP contribution in [0.2, 0.25) is 5.02 Å². The Labute approximate surface area is 183 Å². The van der Waals surface area contributed by atoms with Gasteiger partial charge in [-0.25, -0.2) is 0 Å². The molecule has 2 aromatic rings. The summed E-state index contributed by atoms with van der Waals surface area (Å²) in [5.74, 6) is 0.808. The molecule has 0 fully saturated rings. The summed E-state index contributed by atoms with van der Waals surface area (Å²) in [7, 11) is 0. The van der Waals surface area contributed by atoms with Gasteiger partial charge < -0.3 is 10.2 Å². The zero-order valence-corrected chi connectivity index (χ0v) is 18.9. The number of hydrogen-bond donors (Lipinski definition) is 1. The first-order valence-corrected chi connectivity index (χ1v) is 11.4. The number of aryl methyl sites for hydroxylation is 1. The maximum Gasteiger partial charge on any atom is 0.242 e. The summed E-state index contributed by atoms with van der Waals surface area (Å²) in [5.41, 5.74) is 3.17. The van der Waals surface area contributed by atoms with E-state index in [4.69, 9.17) is 11.6 Å². The summed E-state index contributed by atoms with van der Waals surface area (Å²) in [5, 5.41) is 3.57. The summed E-state index contributed by atoms with van der Waals surface area (Å²) < 4.78 is 0. The lowest BCUT2D eigenvalue weighted by Crippen LogP contribution is -2.49. The second-order valence-corrected chi connectivity index (χ2v) is 8.31. The maximum absolute atomic E-state index is 13.1. The van der Waals surface area contributed by atoms with Crippen LogP contribution < -0.4 is 5.32 Å². The minimum absolute atomic E-state index is 0.0401. The largest absolute Gasteiger partial charge is 0.355 e. The first-order chi connectivity index (χ1) is 14.0. The molecule has 0 saturated heterocycles. The van der Waals surface area contributed by atoms with Crippen molar-refractivity contribution in [3.8, 4) is 0 Å². The predicted molar refractivity (Wildman–Crippen MR) is 122 cm³/mol. The molecule has 4 nitrogen and oxygen atoms in total. The molecule has 0 heterocycles. The molecule has 1 N–H and O–H groups in total. The van der Waals surface area contributed by atoms with Crippen molar-refractivity contribution in [1.82, 2.24) is 10.2 Å². The summed E-state index contributed by atoms with van der Waals surface area (Å²) in [6.45, 7) is 6.81. The number of benzene rings is 2. The van der Waals surface area contributed by atoms with Crippen LogP contribution in [0, 0.1) is 6.92 Å². The fraction of sp³-hybridized carbons (Fsp3) is 0.391. The van der Waals surface area contributed by atoms with E-state index in [0.29, 0.717) is 36.0 Å². The number of carbonyl (C=O) groups excluding carboxylic acids is 2. The highest BCUT2D eigenvalue weighted by Gasteiger charge is 2.28. The van der Waals surface area contributed by atoms with E-state index in [1.54, 1.807) is 4.90 Å². The van der Waals surface area contributed by atoms with E-state index in [0.717, 1.165) is 16.7 Å². The molecule has 2 rings (SSSR count). The third kappa shape index (κ3) is 7.09. The van der Waals surface area contributed by atoms with E-state index in [1.807, 2.05) is 63.2 Å². The highest BCUT2D eigenvalue weighted by atomic mass is 35.5. The van der Waals surface area contributed by atoms with Crippen LogP contribution in [-0.2, 0) is 21.9 Å². The van der Waals surface area contributed by atoms with Gasteiger partial charge in [-0.1, -0.05) is 66.6 Å². The summed E-state index contributed by atoms with van der Waals surface area (Å²) >= 11 is 7.73. The van der Waals surface area contributed by atoms with Crippen LogP contribution in [0.5, 0.6) is 0 Å². The maximum atomic E-state index is 13.1. The predicted octanol–water partition coefficient (Wildman–Crippen LogP) is 4.83. The molecule has 0 bridgehead atoms. The molecule has 0 radical (unpaired) electrons. The lowest BCUT2D eigenvalue weighted by molar-refractivity contribution is -0.139. The second kappa shape index (κ2) is 11.9. The van der Waals surface area contributed by atoms with Crippen molar-refractivity contribution in [2.75, 3.05) is 12.3 Å². The third-order valence-corrected chi connectivity index (χ3v) is 5.95. The SMILES string of the molecule is CCNC(=O)C(CC)N(Cc1cccc(C)c1)C(=O)CSCc1ccccc1Cl. The van der Waals surface area contributed by atoms with Crippen LogP contribution in [-0.4, -0.2) is 35.1 Å². The van der Waals surface area contributed by atoms with Gasteiger partial charge in [-0.05, 0) is 37.5 Å². The van der Waals surface area contributed by atoms with Gasteiger partial charge in [0.25, 0.3) is 0 Å². The zero-order chi connectivity index (χ0) is 21.2. The van der Waals surface area contributed by atoms with E-state index in [9.17, 15) is 9.59 Å². The van der Waals surface area contributed by atoms with E-state index in [-0.39, 0.29) is 11.8 Å². The van der Waals surface area contributed by atoms with Crippen molar-refractivity contribution >= 4 is 35.2 Å². The van der Waals surface area contributed by atoms with Gasteiger partial charge in [0.15, 0.2) is 0 Å². The molecular weight excluding hydrogens is 404 g/mol. The van der Waals surface area contributed by atoms with Gasteiger partial charge in [-0.3, -0.25) is 9.59 Å². The number of carbonyl (C=O) groups is 2. The molecule has 29 heavy (non-hydrogen) atoms. The minimum Gasteiger partial charge on any atom is -0.355 e. The van der Waals surface area contributed by atoms with Crippen molar-refractivity contribution in [2.45, 2.75) is 45.5 Å². The van der Waals surface area contributed by atoms with Gasteiger partial charge in [0.2, 0.25) is 11.8 Å². The quantitative estimate of drug-likeness (QED) is 0.585. The van der Waals surface area contributed by atoms with Gasteiger partial charge in [0.1, 0.15) is 6.04 Å². The molecule has 0 saturated carbocycles. The van der Waals surface area contributed by atoms with Crippen LogP contribution in [0.4, 0.5) is 0 Å². The van der Waals surface area contributed by atoms with Crippen molar-refractivity contribution in [3.05, 3.63) is 70.2 Å². The normalized spacial score (nSPS) is 11.7. The van der Waals surface area contributed by atoms with Crippen LogP contribution in [0.1, 0.15) is 37.0 Å². The first-order valence-electron chi connectivity index (χ1n) is 9.90. The Morgan fingerprint density at radius 2 is 1.90 bits per heavy atom. The van der Waals surface area contributed by atoms with Crippen LogP contribution in [0.3, 0.4) is 0 Å². The lowest BCUT2D eigenvalue weighted by atomic mass is 10.1. The molecule has 0 aliphatic carbocycles. The Balaban J connectivity index is 2.12. The zero-order valence-electron chi connectivity index (χ0n) is 17.3. The Bertz CT molecular complexity index is 828. The molecule has 156 valence electrons. The molecule has 0 aliphatic heterocycles. The van der Waals surface area contributed by atoms with E-state index >= 15 is 0 Å². The molecule has 0 aromatic heterocycles. The fourth-order valence-corrected chi connectivity index (χ4v) is 4.36. The number of halogens is 1. The molecule has 2 amide bonds. The van der Waals surface area contributed by atoms with Crippen LogP contribution >= 0.6 is 23.4 Å². The van der Waals surface area contributed by atoms with Crippen molar-refractivity contribution in [2.24, 2.45) is 0 Å². The summed E-state index contributed by atoms with van der Waals surface area (Å²) in [6, 6.07) is 15.2. The van der Waals surface area contributed by atoms with E-state index < -0.39 is 6.04 Å². The number of thioether (sulfide) groups is 1. The number of amides is 2. The number of nitrogens with one attached hydrogen (secondary N) is 1. The van der Waals surface area contributed by atoms with Gasteiger partial charge in [-0.15, -0.1) is 11.8 Å². The Morgan fingerprint density at radius 3 is 2.55 bits per heavy atom. The van der Waals surface area contributed by atoms with Crippen LogP contribution in [0.25, 0.3) is 0 Å². The Kier molecular flexibility index (Phi) is 9.55. The molecule has 0 spiro atoms. The van der Waals surface area contributed by atoms with Crippen molar-refractivity contribution < 1.29 is 9.59 Å². The highest BCUT2D eigenvalue weighted by Crippen LogP contribution is 2.22. The Morgan fingerprint density at radius 1 is 1.14 bits per heavy atom. The first kappa shape index (κ1) is 23.3. The summed E-state index contributed by atoms with van der Waals surface area (Å²) in [4.78, 5) is 27.4. The molecule has 1 unspecified atom stereocenters. The Hall–Kier alpha value is -1.98. The number of hydrogen-bond acceptors (Lipinski definition) is 3. The number of nitrogens with zero attached hydrogens (tertiary/aromatic N) is 1. The van der Waals surface area contributed by atoms with Crippen LogP contribution in [0.15, 0.2) is 48.5 Å². The molecule has 2 aromatic carbocycles. The van der Waals surface area contributed by atoms with E-state index in [2.05, 4.69) is 11.4 Å². The van der Waals surface area contributed by atoms with Gasteiger partial charge in [-0.2, -0.15) is 0 Å². The average Bonchev–Trinajstić information content (AvgIpc) is 2.69. The smallest absolute Gasteiger partial charge is 0.242 e. The van der Waals surface area contributed by atoms with Gasteiger partial charge in [0.05, 0.1) is 5.75 Å². The number of rotatable bonds is 10. The third-order valence-electron chi connectivity index (χ3n) is 4.61. The monoisotopic (exact) mass is 432 g/mol. The second-order valence-electron chi connectivity index (χ2n) is 6.91. The van der Waals surface area contributed by atoms with Gasteiger partial charge in [0, 0.05) is 23.9 Å². The standard InChI is InChI=1S/C23H29ClN2O2S/c1-4-21(23(28)25-5-2)26(14-18-10-8-9-17(3)13-18)22(27)16-29-15-19-11-6-7-12-20(19)24/h6-13,21H,4-5,14-16H2,1-3H3,(H,25,28). The van der Waals surface area contributed by atoms with Gasteiger partial charge >= 0.3 is 0 Å².